The monoisotopic (exact) mass is 453 g/mol. The van der Waals surface area contributed by atoms with Crippen molar-refractivity contribution in [3.63, 3.8) is 0 Å². The predicted octanol–water partition coefficient (Wildman–Crippen LogP) is 3.72. The molecule has 7 nitrogen and oxygen atoms in total. The number of piperidine rings is 1. The van der Waals surface area contributed by atoms with Gasteiger partial charge in [0.1, 0.15) is 5.75 Å². The van der Waals surface area contributed by atoms with Crippen molar-refractivity contribution in [3.05, 3.63) is 59.3 Å². The van der Waals surface area contributed by atoms with Crippen LogP contribution >= 0.6 is 0 Å². The first kappa shape index (κ1) is 21.1. The number of pyridine rings is 1. The number of phenols is 2. The first-order chi connectivity index (χ1) is 15.7. The van der Waals surface area contributed by atoms with E-state index in [2.05, 4.69) is 10.3 Å². The van der Waals surface area contributed by atoms with Crippen molar-refractivity contribution < 1.29 is 28.6 Å². The molecule has 1 saturated carbocycles. The van der Waals surface area contributed by atoms with Gasteiger partial charge in [0.05, 0.1) is 22.2 Å². The summed E-state index contributed by atoms with van der Waals surface area (Å²) in [4.78, 5) is 32.3. The van der Waals surface area contributed by atoms with Gasteiger partial charge in [-0.3, -0.25) is 14.6 Å². The summed E-state index contributed by atoms with van der Waals surface area (Å²) in [5.74, 6) is -4.23. The number of nitrogens with one attached hydrogen (secondary N) is 1. The number of likely N-dealkylation sites (tertiary alicyclic amines) is 1. The van der Waals surface area contributed by atoms with Crippen molar-refractivity contribution in [2.75, 3.05) is 18.4 Å². The smallest absolute Gasteiger partial charge is 0.254 e. The molecule has 1 aromatic heterocycles. The zero-order valence-corrected chi connectivity index (χ0v) is 17.7. The second-order valence-electron chi connectivity index (χ2n) is 8.79. The molecule has 2 heterocycles. The van der Waals surface area contributed by atoms with E-state index in [1.165, 1.54) is 12.1 Å². The summed E-state index contributed by atoms with van der Waals surface area (Å²) < 4.78 is 27.7. The SMILES string of the molecule is Cc1cc(C(=O)N2CCC3(C(=O)Nc4ccc(O)c(F)c4F)CC3C2)c2cc(O)ccc2n1. The maximum absolute atomic E-state index is 14.0. The van der Waals surface area contributed by atoms with Crippen LogP contribution in [0.25, 0.3) is 10.9 Å². The molecule has 0 bridgehead atoms. The van der Waals surface area contributed by atoms with Crippen LogP contribution in [0.4, 0.5) is 14.5 Å². The average molecular weight is 453 g/mol. The first-order valence-corrected chi connectivity index (χ1v) is 10.6. The molecule has 2 fully saturated rings. The standard InChI is InChI=1S/C24H21F2N3O4/c1-12-8-16(15-9-14(30)2-3-17(15)27-12)22(32)29-7-6-24(10-13(24)11-29)23(33)28-18-4-5-19(31)21(26)20(18)25/h2-5,8-9,13,30-31H,6-7,10-11H2,1H3,(H,28,33). The van der Waals surface area contributed by atoms with Gasteiger partial charge in [-0.2, -0.15) is 4.39 Å². The van der Waals surface area contributed by atoms with Crippen molar-refractivity contribution in [2.24, 2.45) is 11.3 Å². The Morgan fingerprint density at radius 3 is 2.70 bits per heavy atom. The normalized spacial score (nSPS) is 21.5. The highest BCUT2D eigenvalue weighted by Crippen LogP contribution is 2.58. The molecule has 2 atom stereocenters. The Morgan fingerprint density at radius 1 is 1.15 bits per heavy atom. The molecule has 2 aliphatic rings. The fourth-order valence-corrected chi connectivity index (χ4v) is 4.77. The van der Waals surface area contributed by atoms with Gasteiger partial charge in [-0.25, -0.2) is 4.39 Å². The number of hydrogen-bond donors (Lipinski definition) is 3. The van der Waals surface area contributed by atoms with Crippen LogP contribution in [0.1, 0.15) is 28.9 Å². The lowest BCUT2D eigenvalue weighted by molar-refractivity contribution is -0.122. The molecular formula is C24H21F2N3O4. The Bertz CT molecular complexity index is 1330. The summed E-state index contributed by atoms with van der Waals surface area (Å²) in [6.07, 6.45) is 0.937. The summed E-state index contributed by atoms with van der Waals surface area (Å²) in [6.45, 7) is 2.48. The van der Waals surface area contributed by atoms with E-state index in [9.17, 15) is 28.6 Å². The number of anilines is 1. The number of carbonyl (C=O) groups is 2. The number of aromatic nitrogens is 1. The molecule has 1 aliphatic heterocycles. The van der Waals surface area contributed by atoms with E-state index in [4.69, 9.17) is 0 Å². The van der Waals surface area contributed by atoms with Crippen LogP contribution in [0.15, 0.2) is 36.4 Å². The fourth-order valence-electron chi connectivity index (χ4n) is 4.77. The second kappa shape index (κ2) is 7.40. The van der Waals surface area contributed by atoms with Gasteiger partial charge in [0.15, 0.2) is 11.6 Å². The molecule has 170 valence electrons. The molecule has 1 saturated heterocycles. The lowest BCUT2D eigenvalue weighted by Gasteiger charge is -2.31. The number of amides is 2. The zero-order valence-electron chi connectivity index (χ0n) is 17.7. The Labute approximate surface area is 187 Å². The number of halogens is 2. The van der Waals surface area contributed by atoms with Gasteiger partial charge < -0.3 is 20.4 Å². The summed E-state index contributed by atoms with van der Waals surface area (Å²) in [5.41, 5.74) is 0.667. The second-order valence-corrected chi connectivity index (χ2v) is 8.79. The van der Waals surface area contributed by atoms with Crippen LogP contribution in [0.2, 0.25) is 0 Å². The van der Waals surface area contributed by atoms with Crippen molar-refractivity contribution >= 4 is 28.4 Å². The number of fused-ring (bicyclic) bond motifs is 2. The quantitative estimate of drug-likeness (QED) is 0.525. The number of benzene rings is 2. The van der Waals surface area contributed by atoms with Gasteiger partial charge in [-0.05, 0) is 62.1 Å². The third-order valence-corrected chi connectivity index (χ3v) is 6.70. The third kappa shape index (κ3) is 3.44. The fraction of sp³-hybridized carbons (Fsp3) is 0.292. The van der Waals surface area contributed by atoms with Gasteiger partial charge in [0.25, 0.3) is 5.91 Å². The van der Waals surface area contributed by atoms with E-state index in [0.29, 0.717) is 48.1 Å². The molecule has 33 heavy (non-hydrogen) atoms. The first-order valence-electron chi connectivity index (χ1n) is 10.6. The number of nitrogens with zero attached hydrogens (tertiary/aromatic N) is 2. The highest BCUT2D eigenvalue weighted by Gasteiger charge is 2.62. The number of aryl methyl sites for hydroxylation is 1. The van der Waals surface area contributed by atoms with Crippen LogP contribution < -0.4 is 5.32 Å². The van der Waals surface area contributed by atoms with E-state index in [0.717, 1.165) is 12.1 Å². The van der Waals surface area contributed by atoms with Gasteiger partial charge >= 0.3 is 0 Å². The number of rotatable bonds is 3. The van der Waals surface area contributed by atoms with Crippen molar-refractivity contribution in [2.45, 2.75) is 19.8 Å². The maximum atomic E-state index is 14.0. The molecule has 0 radical (unpaired) electrons. The van der Waals surface area contributed by atoms with Gasteiger partial charge in [0, 0.05) is 24.2 Å². The largest absolute Gasteiger partial charge is 0.508 e. The zero-order chi connectivity index (χ0) is 23.5. The molecular weight excluding hydrogens is 432 g/mol. The van der Waals surface area contributed by atoms with Crippen LogP contribution in [0.5, 0.6) is 11.5 Å². The van der Waals surface area contributed by atoms with Crippen LogP contribution in [0.3, 0.4) is 0 Å². The Morgan fingerprint density at radius 2 is 1.94 bits per heavy atom. The molecule has 2 unspecified atom stereocenters. The van der Waals surface area contributed by atoms with Crippen LogP contribution in [0, 0.1) is 29.9 Å². The molecule has 1 aliphatic carbocycles. The molecule has 3 aromatic rings. The Hall–Kier alpha value is -3.75. The Kier molecular flexibility index (Phi) is 4.73. The van der Waals surface area contributed by atoms with Crippen molar-refractivity contribution in [1.29, 1.82) is 0 Å². The molecule has 2 amide bonds. The predicted molar refractivity (Wildman–Crippen MR) is 116 cm³/mol. The number of carbonyl (C=O) groups excluding carboxylic acids is 2. The minimum absolute atomic E-state index is 0.0385. The van der Waals surface area contributed by atoms with E-state index in [1.54, 1.807) is 24.0 Å². The average Bonchev–Trinajstić information content (AvgIpc) is 3.54. The highest BCUT2D eigenvalue weighted by atomic mass is 19.2. The van der Waals surface area contributed by atoms with Crippen molar-refractivity contribution in [3.8, 4) is 11.5 Å². The lowest BCUT2D eigenvalue weighted by Crippen LogP contribution is -2.42. The summed E-state index contributed by atoms with van der Waals surface area (Å²) in [5, 5.41) is 22.1. The minimum atomic E-state index is -1.41. The van der Waals surface area contributed by atoms with E-state index >= 15 is 0 Å². The number of phenolic OH excluding ortho intramolecular Hbond substituents is 2. The molecule has 2 aromatic carbocycles. The van der Waals surface area contributed by atoms with Crippen molar-refractivity contribution in [1.82, 2.24) is 9.88 Å². The summed E-state index contributed by atoms with van der Waals surface area (Å²) >= 11 is 0. The van der Waals surface area contributed by atoms with E-state index < -0.39 is 28.7 Å². The van der Waals surface area contributed by atoms with Gasteiger partial charge in [-0.15, -0.1) is 0 Å². The highest BCUT2D eigenvalue weighted by molar-refractivity contribution is 6.07. The van der Waals surface area contributed by atoms with Crippen LogP contribution in [-0.4, -0.2) is 45.0 Å². The lowest BCUT2D eigenvalue weighted by atomic mass is 9.93. The van der Waals surface area contributed by atoms with E-state index in [1.807, 2.05) is 0 Å². The van der Waals surface area contributed by atoms with Crippen LogP contribution in [-0.2, 0) is 4.79 Å². The van der Waals surface area contributed by atoms with Gasteiger partial charge in [-0.1, -0.05) is 0 Å². The van der Waals surface area contributed by atoms with E-state index in [-0.39, 0.29) is 23.3 Å². The maximum Gasteiger partial charge on any atom is 0.254 e. The Balaban J connectivity index is 1.33. The number of aromatic hydroxyl groups is 2. The summed E-state index contributed by atoms with van der Waals surface area (Å²) in [6, 6.07) is 8.48. The molecule has 5 rings (SSSR count). The van der Waals surface area contributed by atoms with Gasteiger partial charge in [0.2, 0.25) is 11.7 Å². The summed E-state index contributed by atoms with van der Waals surface area (Å²) in [7, 11) is 0. The number of hydrogen-bond acceptors (Lipinski definition) is 5. The minimum Gasteiger partial charge on any atom is -0.508 e. The molecule has 0 spiro atoms. The molecule has 3 N–H and O–H groups in total. The third-order valence-electron chi connectivity index (χ3n) is 6.70. The molecule has 9 heteroatoms. The topological polar surface area (TPSA) is 103 Å².